The number of hydrogen-bond donors (Lipinski definition) is 1. The molecule has 0 bridgehead atoms. The zero-order chi connectivity index (χ0) is 19.9. The number of rotatable bonds is 7. The Morgan fingerprint density at radius 2 is 1.70 bits per heavy atom. The second kappa shape index (κ2) is 9.16. The Morgan fingerprint density at radius 1 is 1.00 bits per heavy atom. The first-order valence-corrected chi connectivity index (χ1v) is 8.07. The van der Waals surface area contributed by atoms with Crippen molar-refractivity contribution in [3.05, 3.63) is 71.0 Å². The minimum absolute atomic E-state index is 0.145. The maximum Gasteiger partial charge on any atom is 0.416 e. The summed E-state index contributed by atoms with van der Waals surface area (Å²) in [6.07, 6.45) is -4.39. The van der Waals surface area contributed by atoms with Gasteiger partial charge in [0.2, 0.25) is 0 Å². The van der Waals surface area contributed by atoms with Crippen LogP contribution in [0, 0.1) is 5.82 Å². The summed E-state index contributed by atoms with van der Waals surface area (Å²) < 4.78 is 55.4. The van der Waals surface area contributed by atoms with Gasteiger partial charge in [-0.15, -0.1) is 0 Å². The fourth-order valence-electron chi connectivity index (χ4n) is 2.27. The topological polar surface area (TPSA) is 55.4 Å². The molecule has 0 aromatic heterocycles. The van der Waals surface area contributed by atoms with Gasteiger partial charge in [0.1, 0.15) is 5.82 Å². The summed E-state index contributed by atoms with van der Waals surface area (Å²) >= 11 is 0. The zero-order valence-corrected chi connectivity index (χ0v) is 14.2. The van der Waals surface area contributed by atoms with Gasteiger partial charge in [0.15, 0.2) is 6.61 Å². The minimum Gasteiger partial charge on any atom is -0.455 e. The Hall–Kier alpha value is -2.90. The molecule has 0 atom stereocenters. The Balaban J connectivity index is 1.72. The average molecular weight is 383 g/mol. The lowest BCUT2D eigenvalue weighted by atomic mass is 10.1. The molecule has 0 aliphatic rings. The van der Waals surface area contributed by atoms with Crippen LogP contribution >= 0.6 is 0 Å². The first-order chi connectivity index (χ1) is 12.7. The van der Waals surface area contributed by atoms with Crippen molar-refractivity contribution in [2.24, 2.45) is 0 Å². The fourth-order valence-corrected chi connectivity index (χ4v) is 2.27. The van der Waals surface area contributed by atoms with Crippen molar-refractivity contribution in [3.8, 4) is 0 Å². The lowest BCUT2D eigenvalue weighted by molar-refractivity contribution is -0.148. The van der Waals surface area contributed by atoms with Crippen LogP contribution in [0.4, 0.5) is 17.6 Å². The summed E-state index contributed by atoms with van der Waals surface area (Å²) in [5, 5.41) is 2.54. The Labute approximate surface area is 153 Å². The van der Waals surface area contributed by atoms with Crippen molar-refractivity contribution in [1.82, 2.24) is 5.32 Å². The molecule has 0 aliphatic heterocycles. The van der Waals surface area contributed by atoms with E-state index in [4.69, 9.17) is 4.74 Å². The van der Waals surface area contributed by atoms with E-state index in [2.05, 4.69) is 5.32 Å². The van der Waals surface area contributed by atoms with Crippen LogP contribution in [0.5, 0.6) is 0 Å². The van der Waals surface area contributed by atoms with Gasteiger partial charge in [0.05, 0.1) is 12.0 Å². The molecule has 0 saturated heterocycles. The molecule has 2 aromatic carbocycles. The van der Waals surface area contributed by atoms with Gasteiger partial charge in [-0.25, -0.2) is 4.39 Å². The zero-order valence-electron chi connectivity index (χ0n) is 14.2. The predicted molar refractivity (Wildman–Crippen MR) is 89.2 cm³/mol. The fraction of sp³-hybridized carbons (Fsp3) is 0.263. The van der Waals surface area contributed by atoms with Crippen LogP contribution in [0.3, 0.4) is 0 Å². The van der Waals surface area contributed by atoms with E-state index in [9.17, 15) is 27.2 Å². The quantitative estimate of drug-likeness (QED) is 0.590. The number of halogens is 4. The monoisotopic (exact) mass is 383 g/mol. The summed E-state index contributed by atoms with van der Waals surface area (Å²) in [5.74, 6) is -1.69. The van der Waals surface area contributed by atoms with E-state index in [-0.39, 0.29) is 24.3 Å². The average Bonchev–Trinajstić information content (AvgIpc) is 2.61. The third kappa shape index (κ3) is 7.08. The Kier molecular flexibility index (Phi) is 6.92. The summed E-state index contributed by atoms with van der Waals surface area (Å²) in [6.45, 7) is -0.253. The Bertz CT molecular complexity index is 788. The third-order valence-corrected chi connectivity index (χ3v) is 3.62. The van der Waals surface area contributed by atoms with E-state index in [0.29, 0.717) is 6.42 Å². The number of alkyl halides is 3. The smallest absolute Gasteiger partial charge is 0.416 e. The number of carbonyl (C=O) groups excluding carboxylic acids is 2. The number of carbonyl (C=O) groups is 2. The van der Waals surface area contributed by atoms with Gasteiger partial charge in [-0.1, -0.05) is 30.3 Å². The maximum atomic E-state index is 12.8. The van der Waals surface area contributed by atoms with Gasteiger partial charge in [0, 0.05) is 6.54 Å². The molecular weight excluding hydrogens is 366 g/mol. The van der Waals surface area contributed by atoms with Crippen molar-refractivity contribution in [1.29, 1.82) is 0 Å². The summed E-state index contributed by atoms with van der Waals surface area (Å²) in [6, 6.07) is 10.2. The highest BCUT2D eigenvalue weighted by atomic mass is 19.4. The van der Waals surface area contributed by atoms with E-state index in [1.54, 1.807) is 12.1 Å². The van der Waals surface area contributed by atoms with E-state index in [1.807, 2.05) is 0 Å². The van der Waals surface area contributed by atoms with E-state index < -0.39 is 30.2 Å². The summed E-state index contributed by atoms with van der Waals surface area (Å²) in [4.78, 5) is 23.3. The SMILES string of the molecule is O=C(COC(=O)Cc1cccc(C(F)(F)F)c1)NCCc1ccc(F)cc1. The molecular formula is C19H17F4NO3. The third-order valence-electron chi connectivity index (χ3n) is 3.62. The first kappa shape index (κ1) is 20.4. The number of ether oxygens (including phenoxy) is 1. The van der Waals surface area contributed by atoms with Gasteiger partial charge >= 0.3 is 12.1 Å². The number of esters is 1. The van der Waals surface area contributed by atoms with E-state index in [0.717, 1.165) is 17.7 Å². The standard InChI is InChI=1S/C19H17F4NO3/c20-16-6-4-13(5-7-16)8-9-24-17(25)12-27-18(26)11-14-2-1-3-15(10-14)19(21,22)23/h1-7,10H,8-9,11-12H2,(H,24,25). The van der Waals surface area contributed by atoms with Crippen molar-refractivity contribution in [3.63, 3.8) is 0 Å². The molecule has 1 amide bonds. The van der Waals surface area contributed by atoms with Gasteiger partial charge in [-0.3, -0.25) is 9.59 Å². The second-order valence-electron chi connectivity index (χ2n) is 5.76. The lowest BCUT2D eigenvalue weighted by Crippen LogP contribution is -2.30. The van der Waals surface area contributed by atoms with Crippen molar-refractivity contribution in [2.75, 3.05) is 13.2 Å². The van der Waals surface area contributed by atoms with Crippen LogP contribution < -0.4 is 5.32 Å². The molecule has 2 rings (SSSR count). The van der Waals surface area contributed by atoms with Crippen LogP contribution in [0.15, 0.2) is 48.5 Å². The molecule has 144 valence electrons. The molecule has 27 heavy (non-hydrogen) atoms. The van der Waals surface area contributed by atoms with Crippen molar-refractivity contribution in [2.45, 2.75) is 19.0 Å². The van der Waals surface area contributed by atoms with Crippen molar-refractivity contribution < 1.29 is 31.9 Å². The van der Waals surface area contributed by atoms with Crippen LogP contribution in [0.1, 0.15) is 16.7 Å². The van der Waals surface area contributed by atoms with Gasteiger partial charge in [-0.2, -0.15) is 13.2 Å². The highest BCUT2D eigenvalue weighted by Gasteiger charge is 2.30. The largest absolute Gasteiger partial charge is 0.455 e. The molecule has 2 aromatic rings. The first-order valence-electron chi connectivity index (χ1n) is 8.07. The molecule has 0 unspecified atom stereocenters. The van der Waals surface area contributed by atoms with E-state index >= 15 is 0 Å². The van der Waals surface area contributed by atoms with Crippen molar-refractivity contribution >= 4 is 11.9 Å². The molecule has 0 radical (unpaired) electrons. The number of nitrogens with one attached hydrogen (secondary N) is 1. The number of amides is 1. The number of benzene rings is 2. The molecule has 0 aliphatic carbocycles. The van der Waals surface area contributed by atoms with Crippen LogP contribution in [0.25, 0.3) is 0 Å². The predicted octanol–water partition coefficient (Wildman–Crippen LogP) is 3.29. The molecule has 0 spiro atoms. The maximum absolute atomic E-state index is 12.8. The van der Waals surface area contributed by atoms with Crippen LogP contribution in [-0.2, 0) is 33.3 Å². The minimum atomic E-state index is -4.50. The highest BCUT2D eigenvalue weighted by molar-refractivity contribution is 5.81. The molecule has 0 heterocycles. The molecule has 8 heteroatoms. The normalized spacial score (nSPS) is 11.1. The molecule has 0 fully saturated rings. The lowest BCUT2D eigenvalue weighted by Gasteiger charge is -2.09. The number of hydrogen-bond acceptors (Lipinski definition) is 3. The summed E-state index contributed by atoms with van der Waals surface area (Å²) in [7, 11) is 0. The van der Waals surface area contributed by atoms with Gasteiger partial charge < -0.3 is 10.1 Å². The second-order valence-corrected chi connectivity index (χ2v) is 5.76. The molecule has 0 saturated carbocycles. The highest BCUT2D eigenvalue weighted by Crippen LogP contribution is 2.29. The molecule has 4 nitrogen and oxygen atoms in total. The molecule has 1 N–H and O–H groups in total. The van der Waals surface area contributed by atoms with Gasteiger partial charge in [0.25, 0.3) is 5.91 Å². The van der Waals surface area contributed by atoms with Gasteiger partial charge in [-0.05, 0) is 35.7 Å². The summed E-state index contributed by atoms with van der Waals surface area (Å²) in [5.41, 5.74) is 0.121. The van der Waals surface area contributed by atoms with Crippen LogP contribution in [0.2, 0.25) is 0 Å². The van der Waals surface area contributed by atoms with Crippen LogP contribution in [-0.4, -0.2) is 25.0 Å². The Morgan fingerprint density at radius 3 is 2.37 bits per heavy atom. The van der Waals surface area contributed by atoms with E-state index in [1.165, 1.54) is 24.3 Å².